The van der Waals surface area contributed by atoms with Crippen LogP contribution in [0.5, 0.6) is 0 Å². The molecule has 5 nitrogen and oxygen atoms in total. The van der Waals surface area contributed by atoms with Crippen molar-refractivity contribution < 1.29 is 0 Å². The number of nitrogens with zero attached hydrogens (tertiary/aromatic N) is 5. The van der Waals surface area contributed by atoms with Crippen LogP contribution in [0.25, 0.3) is 89.0 Å². The van der Waals surface area contributed by atoms with E-state index in [-0.39, 0.29) is 0 Å². The summed E-state index contributed by atoms with van der Waals surface area (Å²) in [7, 11) is 0. The Bertz CT molecular complexity index is 2510. The Morgan fingerprint density at radius 2 is 0.771 bits per heavy atom. The van der Waals surface area contributed by atoms with Gasteiger partial charge in [-0.3, -0.25) is 9.97 Å². The van der Waals surface area contributed by atoms with Gasteiger partial charge in [0.15, 0.2) is 17.5 Å². The number of aromatic nitrogens is 5. The molecule has 0 unspecified atom stereocenters. The predicted octanol–water partition coefficient (Wildman–Crippen LogP) is 10.5. The summed E-state index contributed by atoms with van der Waals surface area (Å²) >= 11 is 0. The Morgan fingerprint density at radius 1 is 0.292 bits per heavy atom. The van der Waals surface area contributed by atoms with Crippen LogP contribution in [0.2, 0.25) is 0 Å². The smallest absolute Gasteiger partial charge is 0.164 e. The predicted molar refractivity (Wildman–Crippen MR) is 195 cm³/mol. The molecule has 0 radical (unpaired) electrons. The van der Waals surface area contributed by atoms with Crippen LogP contribution >= 0.6 is 0 Å². The van der Waals surface area contributed by atoms with E-state index in [1.54, 1.807) is 6.20 Å². The van der Waals surface area contributed by atoms with Crippen molar-refractivity contribution in [2.24, 2.45) is 0 Å². The number of rotatable bonds is 5. The molecule has 0 aliphatic heterocycles. The van der Waals surface area contributed by atoms with Crippen LogP contribution in [0.1, 0.15) is 0 Å². The van der Waals surface area contributed by atoms with Gasteiger partial charge >= 0.3 is 0 Å². The van der Waals surface area contributed by atoms with Crippen molar-refractivity contribution in [2.75, 3.05) is 0 Å². The van der Waals surface area contributed by atoms with Gasteiger partial charge in [0.25, 0.3) is 0 Å². The molecule has 0 aliphatic rings. The van der Waals surface area contributed by atoms with Crippen molar-refractivity contribution in [1.29, 1.82) is 0 Å². The van der Waals surface area contributed by atoms with Crippen LogP contribution in [-0.2, 0) is 0 Å². The van der Waals surface area contributed by atoms with Crippen molar-refractivity contribution in [3.8, 4) is 56.7 Å². The van der Waals surface area contributed by atoms with Gasteiger partial charge in [-0.05, 0) is 68.2 Å². The molecule has 0 fully saturated rings. The zero-order valence-corrected chi connectivity index (χ0v) is 25.8. The van der Waals surface area contributed by atoms with E-state index < -0.39 is 0 Å². The molecule has 9 aromatic rings. The molecular weight excluding hydrogens is 587 g/mol. The van der Waals surface area contributed by atoms with Crippen LogP contribution in [0.15, 0.2) is 164 Å². The Hall–Kier alpha value is -6.59. The van der Waals surface area contributed by atoms with Gasteiger partial charge in [-0.15, -0.1) is 0 Å². The highest BCUT2D eigenvalue weighted by Crippen LogP contribution is 2.39. The highest BCUT2D eigenvalue weighted by Gasteiger charge is 2.15. The minimum atomic E-state index is 0.644. The summed E-state index contributed by atoms with van der Waals surface area (Å²) in [6.07, 6.45) is 3.73. The van der Waals surface area contributed by atoms with Gasteiger partial charge in [0.2, 0.25) is 0 Å². The monoisotopic (exact) mass is 613 g/mol. The molecule has 3 heterocycles. The minimum Gasteiger partial charge on any atom is -0.255 e. The molecule has 6 aromatic carbocycles. The van der Waals surface area contributed by atoms with Crippen molar-refractivity contribution in [2.45, 2.75) is 0 Å². The maximum Gasteiger partial charge on any atom is 0.164 e. The molecule has 0 bridgehead atoms. The molecule has 0 saturated heterocycles. The van der Waals surface area contributed by atoms with E-state index in [4.69, 9.17) is 19.9 Å². The molecule has 0 saturated carbocycles. The second-order valence-electron chi connectivity index (χ2n) is 11.8. The molecule has 0 N–H and O–H groups in total. The second-order valence-corrected chi connectivity index (χ2v) is 11.8. The van der Waals surface area contributed by atoms with Gasteiger partial charge in [-0.1, -0.05) is 121 Å². The Morgan fingerprint density at radius 3 is 1.33 bits per heavy atom. The van der Waals surface area contributed by atoms with Gasteiger partial charge in [-0.2, -0.15) is 0 Å². The lowest BCUT2D eigenvalue weighted by Crippen LogP contribution is -2.00. The average molecular weight is 614 g/mol. The van der Waals surface area contributed by atoms with E-state index in [1.165, 1.54) is 26.9 Å². The first-order chi connectivity index (χ1) is 23.8. The largest absolute Gasteiger partial charge is 0.255 e. The van der Waals surface area contributed by atoms with E-state index in [0.29, 0.717) is 17.5 Å². The fourth-order valence-electron chi connectivity index (χ4n) is 6.44. The zero-order valence-electron chi connectivity index (χ0n) is 25.8. The number of hydrogen-bond acceptors (Lipinski definition) is 5. The van der Waals surface area contributed by atoms with Crippen molar-refractivity contribution in [1.82, 2.24) is 24.9 Å². The first-order valence-corrected chi connectivity index (χ1v) is 15.9. The van der Waals surface area contributed by atoms with Crippen molar-refractivity contribution in [3.05, 3.63) is 164 Å². The van der Waals surface area contributed by atoms with Crippen LogP contribution in [0.4, 0.5) is 0 Å². The Kier molecular flexibility index (Phi) is 6.72. The number of fused-ring (bicyclic) bond motifs is 6. The highest BCUT2D eigenvalue weighted by molar-refractivity contribution is 6.26. The maximum absolute atomic E-state index is 4.99. The van der Waals surface area contributed by atoms with Crippen LogP contribution in [0, 0.1) is 0 Å². The van der Waals surface area contributed by atoms with Gasteiger partial charge < -0.3 is 0 Å². The quantitative estimate of drug-likeness (QED) is 0.181. The molecule has 0 spiro atoms. The van der Waals surface area contributed by atoms with Crippen molar-refractivity contribution >= 4 is 32.3 Å². The zero-order chi connectivity index (χ0) is 31.9. The van der Waals surface area contributed by atoms with Gasteiger partial charge in [-0.25, -0.2) is 15.0 Å². The van der Waals surface area contributed by atoms with Gasteiger partial charge in [0, 0.05) is 34.6 Å². The third-order valence-corrected chi connectivity index (χ3v) is 8.82. The number of pyridine rings is 2. The third kappa shape index (κ3) is 4.95. The standard InChI is InChI=1S/C43H27N5/c1-3-11-28(12-4-1)41-46-42(29-13-5-2-6-14-29)48-43(47-41)31-19-22-36-35-21-18-30(25-37(35)33-15-7-8-16-34(33)38(36)26-31)32-20-23-40(45-27-32)39-17-9-10-24-44-39/h1-27H. The number of hydrogen-bond donors (Lipinski definition) is 0. The fourth-order valence-corrected chi connectivity index (χ4v) is 6.44. The summed E-state index contributed by atoms with van der Waals surface area (Å²) < 4.78 is 0. The normalized spacial score (nSPS) is 11.3. The van der Waals surface area contributed by atoms with E-state index >= 15 is 0 Å². The van der Waals surface area contributed by atoms with Crippen molar-refractivity contribution in [3.63, 3.8) is 0 Å². The van der Waals surface area contributed by atoms with E-state index in [1.807, 2.05) is 91.1 Å². The lowest BCUT2D eigenvalue weighted by Gasteiger charge is -2.14. The van der Waals surface area contributed by atoms with Gasteiger partial charge in [0.05, 0.1) is 11.4 Å². The second kappa shape index (κ2) is 11.6. The first kappa shape index (κ1) is 27.7. The molecule has 224 valence electrons. The topological polar surface area (TPSA) is 64.5 Å². The molecule has 3 aromatic heterocycles. The Labute approximate surface area is 277 Å². The maximum atomic E-state index is 4.99. The van der Waals surface area contributed by atoms with E-state index in [9.17, 15) is 0 Å². The van der Waals surface area contributed by atoms with Crippen LogP contribution in [0.3, 0.4) is 0 Å². The lowest BCUT2D eigenvalue weighted by atomic mass is 9.91. The summed E-state index contributed by atoms with van der Waals surface area (Å²) in [4.78, 5) is 24.0. The summed E-state index contributed by atoms with van der Waals surface area (Å²) in [5.74, 6) is 1.95. The van der Waals surface area contributed by atoms with E-state index in [0.717, 1.165) is 44.6 Å². The van der Waals surface area contributed by atoms with Gasteiger partial charge in [0.1, 0.15) is 0 Å². The Balaban J connectivity index is 1.19. The molecule has 48 heavy (non-hydrogen) atoms. The first-order valence-electron chi connectivity index (χ1n) is 15.9. The minimum absolute atomic E-state index is 0.644. The lowest BCUT2D eigenvalue weighted by molar-refractivity contribution is 1.07. The molecule has 5 heteroatoms. The molecular formula is C43H27N5. The van der Waals surface area contributed by atoms with Crippen LogP contribution in [-0.4, -0.2) is 24.9 Å². The summed E-state index contributed by atoms with van der Waals surface area (Å²) in [5.41, 5.74) is 6.76. The molecule has 0 aliphatic carbocycles. The summed E-state index contributed by atoms with van der Waals surface area (Å²) in [6.45, 7) is 0. The SMILES string of the molecule is c1ccc(-c2nc(-c3ccccc3)nc(-c3ccc4c5ccc(-c6ccc(-c7ccccn7)nc6)cc5c5ccccc5c4c3)n2)cc1. The summed E-state index contributed by atoms with van der Waals surface area (Å²) in [6, 6.07) is 52.1. The third-order valence-electron chi connectivity index (χ3n) is 8.82. The van der Waals surface area contributed by atoms with Crippen LogP contribution < -0.4 is 0 Å². The molecule has 0 amide bonds. The fraction of sp³-hybridized carbons (Fsp3) is 0. The molecule has 9 rings (SSSR count). The van der Waals surface area contributed by atoms with E-state index in [2.05, 4.69) is 71.7 Å². The number of benzene rings is 6. The molecule has 0 atom stereocenters. The highest BCUT2D eigenvalue weighted by atomic mass is 15.0. The average Bonchev–Trinajstić information content (AvgIpc) is 3.18. The summed E-state index contributed by atoms with van der Waals surface area (Å²) in [5, 5.41) is 7.12.